The van der Waals surface area contributed by atoms with Crippen molar-refractivity contribution in [2.75, 3.05) is 13.6 Å². The minimum Gasteiger partial charge on any atom is -0.361 e. The van der Waals surface area contributed by atoms with Gasteiger partial charge in [0.05, 0.1) is 12.2 Å². The molecule has 0 fully saturated rings. The Bertz CT molecular complexity index is 871. The molecule has 0 spiro atoms. The second kappa shape index (κ2) is 7.70. The number of aromatic amines is 1. The predicted molar refractivity (Wildman–Crippen MR) is 107 cm³/mol. The van der Waals surface area contributed by atoms with Crippen molar-refractivity contribution in [3.63, 3.8) is 0 Å². The molecule has 6 heteroatoms. The SMILES string of the molecule is CN=C(NCCc1c[nH]c2c(C)cccc12)NCc1nc(C)c(C)s1. The number of hydrogen-bond donors (Lipinski definition) is 3. The molecule has 1 aromatic carbocycles. The minimum atomic E-state index is 0.700. The van der Waals surface area contributed by atoms with Crippen LogP contribution in [0.4, 0.5) is 0 Å². The van der Waals surface area contributed by atoms with Crippen molar-refractivity contribution in [3.05, 3.63) is 51.1 Å². The van der Waals surface area contributed by atoms with E-state index in [1.54, 1.807) is 18.4 Å². The Morgan fingerprint density at radius 1 is 1.24 bits per heavy atom. The number of aliphatic imine (C=N–C) groups is 1. The number of fused-ring (bicyclic) bond motifs is 1. The summed E-state index contributed by atoms with van der Waals surface area (Å²) < 4.78 is 0. The van der Waals surface area contributed by atoms with E-state index in [0.717, 1.165) is 29.6 Å². The van der Waals surface area contributed by atoms with Crippen LogP contribution in [0.25, 0.3) is 10.9 Å². The van der Waals surface area contributed by atoms with Crippen LogP contribution < -0.4 is 10.6 Å². The van der Waals surface area contributed by atoms with Crippen LogP contribution in [0.2, 0.25) is 0 Å². The van der Waals surface area contributed by atoms with Gasteiger partial charge in [-0.3, -0.25) is 4.99 Å². The van der Waals surface area contributed by atoms with Crippen LogP contribution in [0.5, 0.6) is 0 Å². The summed E-state index contributed by atoms with van der Waals surface area (Å²) >= 11 is 1.73. The van der Waals surface area contributed by atoms with Crippen LogP contribution in [-0.2, 0) is 13.0 Å². The highest BCUT2D eigenvalue weighted by Gasteiger charge is 2.07. The van der Waals surface area contributed by atoms with Crippen molar-refractivity contribution in [2.45, 2.75) is 33.7 Å². The molecule has 0 aliphatic rings. The maximum absolute atomic E-state index is 4.55. The molecule has 0 aliphatic carbocycles. The van der Waals surface area contributed by atoms with Crippen molar-refractivity contribution in [1.82, 2.24) is 20.6 Å². The second-order valence-electron chi connectivity index (χ2n) is 6.16. The standard InChI is InChI=1S/C19H25N5S/c1-12-6-5-7-16-15(10-22-18(12)16)8-9-21-19(20-4)23-11-17-24-13(2)14(3)25-17/h5-7,10,22H,8-9,11H2,1-4H3,(H2,20,21,23). The Morgan fingerprint density at radius 3 is 2.80 bits per heavy atom. The first-order valence-electron chi connectivity index (χ1n) is 8.51. The number of thiazole rings is 1. The molecule has 3 aromatic rings. The summed E-state index contributed by atoms with van der Waals surface area (Å²) in [6.07, 6.45) is 3.05. The van der Waals surface area contributed by atoms with Crippen molar-refractivity contribution in [3.8, 4) is 0 Å². The third kappa shape index (κ3) is 4.02. The Hall–Kier alpha value is -2.34. The van der Waals surface area contributed by atoms with E-state index in [4.69, 9.17) is 0 Å². The number of benzene rings is 1. The molecular weight excluding hydrogens is 330 g/mol. The van der Waals surface area contributed by atoms with Gasteiger partial charge >= 0.3 is 0 Å². The van der Waals surface area contributed by atoms with Crippen LogP contribution in [0.1, 0.15) is 26.7 Å². The lowest BCUT2D eigenvalue weighted by atomic mass is 10.1. The summed E-state index contributed by atoms with van der Waals surface area (Å²) in [6.45, 7) is 7.81. The molecule has 0 aliphatic heterocycles. The summed E-state index contributed by atoms with van der Waals surface area (Å²) in [6, 6.07) is 6.42. The lowest BCUT2D eigenvalue weighted by molar-refractivity contribution is 0.792. The summed E-state index contributed by atoms with van der Waals surface area (Å²) in [5.74, 6) is 0.807. The number of hydrogen-bond acceptors (Lipinski definition) is 3. The van der Waals surface area contributed by atoms with Crippen LogP contribution in [-0.4, -0.2) is 29.5 Å². The summed E-state index contributed by atoms with van der Waals surface area (Å²) in [7, 11) is 1.79. The monoisotopic (exact) mass is 355 g/mol. The molecule has 25 heavy (non-hydrogen) atoms. The van der Waals surface area contributed by atoms with E-state index >= 15 is 0 Å². The van der Waals surface area contributed by atoms with E-state index < -0.39 is 0 Å². The van der Waals surface area contributed by atoms with Crippen LogP contribution in [0.15, 0.2) is 29.4 Å². The van der Waals surface area contributed by atoms with Gasteiger partial charge in [0.25, 0.3) is 0 Å². The topological polar surface area (TPSA) is 65.1 Å². The van der Waals surface area contributed by atoms with Gasteiger partial charge in [0.1, 0.15) is 5.01 Å². The highest BCUT2D eigenvalue weighted by molar-refractivity contribution is 7.11. The molecule has 3 N–H and O–H groups in total. The third-order valence-corrected chi connectivity index (χ3v) is 5.47. The lowest BCUT2D eigenvalue weighted by Gasteiger charge is -2.10. The summed E-state index contributed by atoms with van der Waals surface area (Å²) in [5, 5.41) is 9.10. The van der Waals surface area contributed by atoms with E-state index in [-0.39, 0.29) is 0 Å². The third-order valence-electron chi connectivity index (χ3n) is 4.40. The highest BCUT2D eigenvalue weighted by atomic mass is 32.1. The van der Waals surface area contributed by atoms with Crippen LogP contribution in [0, 0.1) is 20.8 Å². The maximum Gasteiger partial charge on any atom is 0.191 e. The number of H-pyrrole nitrogens is 1. The fourth-order valence-electron chi connectivity index (χ4n) is 2.88. The van der Waals surface area contributed by atoms with Gasteiger partial charge in [-0.25, -0.2) is 4.98 Å². The van der Waals surface area contributed by atoms with Gasteiger partial charge in [-0.2, -0.15) is 0 Å². The van der Waals surface area contributed by atoms with Crippen LogP contribution in [0.3, 0.4) is 0 Å². The first-order valence-corrected chi connectivity index (χ1v) is 9.33. The molecule has 132 valence electrons. The highest BCUT2D eigenvalue weighted by Crippen LogP contribution is 2.21. The van der Waals surface area contributed by atoms with Crippen molar-refractivity contribution < 1.29 is 0 Å². The largest absolute Gasteiger partial charge is 0.361 e. The van der Waals surface area contributed by atoms with E-state index in [1.165, 1.54) is 26.9 Å². The van der Waals surface area contributed by atoms with E-state index in [0.29, 0.717) is 6.54 Å². The zero-order valence-electron chi connectivity index (χ0n) is 15.2. The number of nitrogens with one attached hydrogen (secondary N) is 3. The molecule has 0 amide bonds. The zero-order valence-corrected chi connectivity index (χ0v) is 16.0. The number of rotatable bonds is 5. The maximum atomic E-state index is 4.55. The average molecular weight is 356 g/mol. The van der Waals surface area contributed by atoms with Crippen molar-refractivity contribution >= 4 is 28.2 Å². The Kier molecular flexibility index (Phi) is 5.38. The van der Waals surface area contributed by atoms with E-state index in [1.807, 2.05) is 6.92 Å². The van der Waals surface area contributed by atoms with Gasteiger partial charge in [-0.15, -0.1) is 11.3 Å². The smallest absolute Gasteiger partial charge is 0.191 e. The van der Waals surface area contributed by atoms with Gasteiger partial charge in [0.15, 0.2) is 5.96 Å². The molecule has 0 radical (unpaired) electrons. The number of aryl methyl sites for hydroxylation is 3. The molecule has 2 heterocycles. The molecule has 0 bridgehead atoms. The minimum absolute atomic E-state index is 0.700. The first kappa shape index (κ1) is 17.5. The molecule has 3 rings (SSSR count). The number of guanidine groups is 1. The fourth-order valence-corrected chi connectivity index (χ4v) is 3.75. The normalized spacial score (nSPS) is 11.9. The van der Waals surface area contributed by atoms with Gasteiger partial charge in [0.2, 0.25) is 0 Å². The molecule has 0 saturated carbocycles. The molecule has 0 atom stereocenters. The predicted octanol–water partition coefficient (Wildman–Crippen LogP) is 3.46. The van der Waals surface area contributed by atoms with Crippen LogP contribution >= 0.6 is 11.3 Å². The van der Waals surface area contributed by atoms with Gasteiger partial charge in [0, 0.05) is 35.6 Å². The van der Waals surface area contributed by atoms with Gasteiger partial charge in [-0.05, 0) is 38.3 Å². The number of para-hydroxylation sites is 1. The molecule has 5 nitrogen and oxygen atoms in total. The fraction of sp³-hybridized carbons (Fsp3) is 0.368. The molecular formula is C19H25N5S. The Balaban J connectivity index is 1.53. The first-order chi connectivity index (χ1) is 12.1. The lowest BCUT2D eigenvalue weighted by Crippen LogP contribution is -2.37. The van der Waals surface area contributed by atoms with Gasteiger partial charge in [-0.1, -0.05) is 18.2 Å². The Morgan fingerprint density at radius 2 is 2.08 bits per heavy atom. The van der Waals surface area contributed by atoms with E-state index in [9.17, 15) is 0 Å². The molecule has 2 aromatic heterocycles. The summed E-state index contributed by atoms with van der Waals surface area (Å²) in [4.78, 5) is 13.5. The Labute approximate surface area is 152 Å². The van der Waals surface area contributed by atoms with Gasteiger partial charge < -0.3 is 15.6 Å². The molecule has 0 unspecified atom stereocenters. The van der Waals surface area contributed by atoms with Crippen molar-refractivity contribution in [1.29, 1.82) is 0 Å². The van der Waals surface area contributed by atoms with E-state index in [2.05, 4.69) is 63.8 Å². The summed E-state index contributed by atoms with van der Waals surface area (Å²) in [5.41, 5.74) is 4.95. The number of aromatic nitrogens is 2. The zero-order chi connectivity index (χ0) is 17.8. The second-order valence-corrected chi connectivity index (χ2v) is 7.45. The van der Waals surface area contributed by atoms with Crippen molar-refractivity contribution in [2.24, 2.45) is 4.99 Å². The molecule has 0 saturated heterocycles. The quantitative estimate of drug-likeness (QED) is 0.485. The number of nitrogens with zero attached hydrogens (tertiary/aromatic N) is 2. The average Bonchev–Trinajstić information content (AvgIpc) is 3.15.